The first kappa shape index (κ1) is 15.6. The lowest BCUT2D eigenvalue weighted by Crippen LogP contribution is -2.19. The van der Waals surface area contributed by atoms with E-state index in [1.54, 1.807) is 26.5 Å². The summed E-state index contributed by atoms with van der Waals surface area (Å²) in [5, 5.41) is 3.22. The molecule has 1 heterocycles. The third kappa shape index (κ3) is 4.09. The molecule has 2 rings (SSSR count). The van der Waals surface area contributed by atoms with Crippen LogP contribution in [0.2, 0.25) is 0 Å². The SMILES string of the molecule is COc1ccnc(CNCC(Cl)c2ccccc2)c1OC. The summed E-state index contributed by atoms with van der Waals surface area (Å²) in [5.41, 5.74) is 1.89. The van der Waals surface area contributed by atoms with E-state index in [-0.39, 0.29) is 5.38 Å². The van der Waals surface area contributed by atoms with E-state index in [9.17, 15) is 0 Å². The zero-order valence-electron chi connectivity index (χ0n) is 12.2. The Bertz CT molecular complexity index is 563. The summed E-state index contributed by atoms with van der Waals surface area (Å²) in [5.74, 6) is 1.33. The Balaban J connectivity index is 1.95. The van der Waals surface area contributed by atoms with Crippen molar-refractivity contribution in [1.82, 2.24) is 10.3 Å². The van der Waals surface area contributed by atoms with Gasteiger partial charge in [-0.2, -0.15) is 0 Å². The first-order valence-electron chi connectivity index (χ1n) is 6.72. The van der Waals surface area contributed by atoms with E-state index in [2.05, 4.69) is 10.3 Å². The van der Waals surface area contributed by atoms with Crippen LogP contribution in [0.5, 0.6) is 11.5 Å². The van der Waals surface area contributed by atoms with Gasteiger partial charge in [0.2, 0.25) is 0 Å². The van der Waals surface area contributed by atoms with Crippen molar-refractivity contribution in [2.24, 2.45) is 0 Å². The van der Waals surface area contributed by atoms with Crippen molar-refractivity contribution in [3.8, 4) is 11.5 Å². The number of aromatic nitrogens is 1. The van der Waals surface area contributed by atoms with Crippen LogP contribution in [0.3, 0.4) is 0 Å². The standard InChI is InChI=1S/C16H19ClN2O2/c1-20-15-8-9-19-14(16(15)21-2)11-18-10-13(17)12-6-4-3-5-7-12/h3-9,13,18H,10-11H2,1-2H3. The topological polar surface area (TPSA) is 43.4 Å². The van der Waals surface area contributed by atoms with Crippen molar-refractivity contribution >= 4 is 11.6 Å². The molecule has 0 aliphatic rings. The van der Waals surface area contributed by atoms with Crippen molar-refractivity contribution in [3.05, 3.63) is 53.9 Å². The lowest BCUT2D eigenvalue weighted by atomic mass is 10.1. The molecule has 0 saturated carbocycles. The number of nitrogens with one attached hydrogen (secondary N) is 1. The molecule has 4 nitrogen and oxygen atoms in total. The number of ether oxygens (including phenoxy) is 2. The minimum absolute atomic E-state index is 0.0807. The van der Waals surface area contributed by atoms with Gasteiger partial charge in [0.05, 0.1) is 25.3 Å². The molecule has 0 bridgehead atoms. The third-order valence-corrected chi connectivity index (χ3v) is 3.55. The van der Waals surface area contributed by atoms with E-state index in [4.69, 9.17) is 21.1 Å². The Morgan fingerprint density at radius 1 is 1.14 bits per heavy atom. The lowest BCUT2D eigenvalue weighted by molar-refractivity contribution is 0.348. The van der Waals surface area contributed by atoms with Gasteiger partial charge < -0.3 is 14.8 Å². The van der Waals surface area contributed by atoms with Gasteiger partial charge in [0, 0.05) is 25.4 Å². The number of alkyl halides is 1. The number of nitrogens with zero attached hydrogens (tertiary/aromatic N) is 1. The van der Waals surface area contributed by atoms with Gasteiger partial charge in [-0.1, -0.05) is 30.3 Å². The van der Waals surface area contributed by atoms with Gasteiger partial charge in [-0.25, -0.2) is 0 Å². The minimum Gasteiger partial charge on any atom is -0.493 e. The molecule has 1 aromatic heterocycles. The predicted molar refractivity (Wildman–Crippen MR) is 84.1 cm³/mol. The molecular formula is C16H19ClN2O2. The van der Waals surface area contributed by atoms with Crippen molar-refractivity contribution in [2.75, 3.05) is 20.8 Å². The van der Waals surface area contributed by atoms with Gasteiger partial charge in [0.25, 0.3) is 0 Å². The van der Waals surface area contributed by atoms with Gasteiger partial charge >= 0.3 is 0 Å². The summed E-state index contributed by atoms with van der Waals surface area (Å²) >= 11 is 6.37. The van der Waals surface area contributed by atoms with E-state index in [1.807, 2.05) is 30.3 Å². The molecule has 0 fully saturated rings. The quantitative estimate of drug-likeness (QED) is 0.798. The predicted octanol–water partition coefficient (Wildman–Crippen LogP) is 3.17. The fraction of sp³-hybridized carbons (Fsp3) is 0.312. The molecule has 0 radical (unpaired) electrons. The Hall–Kier alpha value is -1.78. The molecule has 1 N–H and O–H groups in total. The van der Waals surface area contributed by atoms with Crippen LogP contribution in [0.15, 0.2) is 42.6 Å². The Kier molecular flexibility index (Phi) is 5.84. The second-order valence-electron chi connectivity index (χ2n) is 4.50. The molecule has 21 heavy (non-hydrogen) atoms. The number of hydrogen-bond donors (Lipinski definition) is 1. The molecule has 1 aromatic carbocycles. The third-order valence-electron chi connectivity index (χ3n) is 3.14. The maximum Gasteiger partial charge on any atom is 0.183 e. The number of rotatable bonds is 7. The molecule has 1 unspecified atom stereocenters. The van der Waals surface area contributed by atoms with Crippen LogP contribution in [-0.4, -0.2) is 25.7 Å². The average molecular weight is 307 g/mol. The van der Waals surface area contributed by atoms with Crippen LogP contribution in [0.25, 0.3) is 0 Å². The fourth-order valence-electron chi connectivity index (χ4n) is 2.07. The van der Waals surface area contributed by atoms with Crippen molar-refractivity contribution < 1.29 is 9.47 Å². The van der Waals surface area contributed by atoms with E-state index in [0.717, 1.165) is 11.3 Å². The van der Waals surface area contributed by atoms with E-state index in [1.165, 1.54) is 0 Å². The summed E-state index contributed by atoms with van der Waals surface area (Å²) in [6, 6.07) is 11.8. The van der Waals surface area contributed by atoms with Crippen molar-refractivity contribution in [3.63, 3.8) is 0 Å². The van der Waals surface area contributed by atoms with E-state index < -0.39 is 0 Å². The number of halogens is 1. The average Bonchev–Trinajstić information content (AvgIpc) is 2.55. The first-order valence-corrected chi connectivity index (χ1v) is 7.15. The van der Waals surface area contributed by atoms with Gasteiger partial charge in [-0.05, 0) is 5.56 Å². The second-order valence-corrected chi connectivity index (χ2v) is 5.03. The molecule has 0 amide bonds. The lowest BCUT2D eigenvalue weighted by Gasteiger charge is -2.14. The summed E-state index contributed by atoms with van der Waals surface area (Å²) in [6.07, 6.45) is 1.70. The second kappa shape index (κ2) is 7.86. The molecule has 0 spiro atoms. The van der Waals surface area contributed by atoms with Crippen LogP contribution >= 0.6 is 11.6 Å². The molecule has 0 aliphatic carbocycles. The fourth-order valence-corrected chi connectivity index (χ4v) is 2.33. The number of methoxy groups -OCH3 is 2. The van der Waals surface area contributed by atoms with Crippen molar-refractivity contribution in [1.29, 1.82) is 0 Å². The zero-order valence-corrected chi connectivity index (χ0v) is 12.9. The monoisotopic (exact) mass is 306 g/mol. The van der Waals surface area contributed by atoms with Gasteiger partial charge in [-0.15, -0.1) is 11.6 Å². The van der Waals surface area contributed by atoms with Gasteiger partial charge in [-0.3, -0.25) is 4.98 Å². The summed E-state index contributed by atoms with van der Waals surface area (Å²) in [7, 11) is 3.22. The molecule has 0 saturated heterocycles. The maximum atomic E-state index is 6.37. The normalized spacial score (nSPS) is 12.0. The highest BCUT2D eigenvalue weighted by atomic mass is 35.5. The summed E-state index contributed by atoms with van der Waals surface area (Å²) < 4.78 is 10.6. The highest BCUT2D eigenvalue weighted by Gasteiger charge is 2.12. The van der Waals surface area contributed by atoms with Gasteiger partial charge in [0.1, 0.15) is 0 Å². The molecule has 112 valence electrons. The molecular weight excluding hydrogens is 288 g/mol. The molecule has 2 aromatic rings. The largest absolute Gasteiger partial charge is 0.493 e. The zero-order chi connectivity index (χ0) is 15.1. The molecule has 5 heteroatoms. The van der Waals surface area contributed by atoms with E-state index in [0.29, 0.717) is 24.6 Å². The highest BCUT2D eigenvalue weighted by Crippen LogP contribution is 2.29. The van der Waals surface area contributed by atoms with Crippen LogP contribution < -0.4 is 14.8 Å². The summed E-state index contributed by atoms with van der Waals surface area (Å²) in [6.45, 7) is 1.21. The molecule has 1 atom stereocenters. The van der Waals surface area contributed by atoms with Crippen LogP contribution in [-0.2, 0) is 6.54 Å². The van der Waals surface area contributed by atoms with Crippen LogP contribution in [0, 0.1) is 0 Å². The van der Waals surface area contributed by atoms with E-state index >= 15 is 0 Å². The van der Waals surface area contributed by atoms with Crippen LogP contribution in [0.1, 0.15) is 16.6 Å². The maximum absolute atomic E-state index is 6.37. The summed E-state index contributed by atoms with van der Waals surface area (Å²) in [4.78, 5) is 4.32. The Morgan fingerprint density at radius 3 is 2.57 bits per heavy atom. The Labute approximate surface area is 130 Å². The Morgan fingerprint density at radius 2 is 1.90 bits per heavy atom. The number of pyridine rings is 1. The first-order chi connectivity index (χ1) is 10.3. The highest BCUT2D eigenvalue weighted by molar-refractivity contribution is 6.21. The number of benzene rings is 1. The molecule has 0 aliphatic heterocycles. The van der Waals surface area contributed by atoms with Crippen molar-refractivity contribution in [2.45, 2.75) is 11.9 Å². The van der Waals surface area contributed by atoms with Gasteiger partial charge in [0.15, 0.2) is 11.5 Å². The number of hydrogen-bond acceptors (Lipinski definition) is 4. The van der Waals surface area contributed by atoms with Crippen LogP contribution in [0.4, 0.5) is 0 Å². The minimum atomic E-state index is -0.0807. The smallest absolute Gasteiger partial charge is 0.183 e.